The van der Waals surface area contributed by atoms with Crippen LogP contribution in [0.15, 0.2) is 23.1 Å². The molecule has 3 N–H and O–H groups in total. The first-order valence-electron chi connectivity index (χ1n) is 5.79. The highest BCUT2D eigenvalue weighted by Gasteiger charge is 2.20. The zero-order valence-electron chi connectivity index (χ0n) is 11.2. The second-order valence-electron chi connectivity index (χ2n) is 4.60. The van der Waals surface area contributed by atoms with Crippen molar-refractivity contribution in [2.24, 2.45) is 5.73 Å². The van der Waals surface area contributed by atoms with Gasteiger partial charge in [-0.05, 0) is 30.5 Å². The van der Waals surface area contributed by atoms with Crippen LogP contribution in [0.25, 0.3) is 0 Å². The predicted molar refractivity (Wildman–Crippen MR) is 81.6 cm³/mol. The van der Waals surface area contributed by atoms with E-state index in [1.165, 1.54) is 0 Å². The number of hydrogen-bond donors (Lipinski definition) is 2. The lowest BCUT2D eigenvalue weighted by Crippen LogP contribution is -2.37. The normalized spacial score (nSPS) is 13.2. The highest BCUT2D eigenvalue weighted by atomic mass is 35.5. The van der Waals surface area contributed by atoms with Crippen LogP contribution in [-0.4, -0.2) is 21.0 Å². The molecule has 0 radical (unpaired) electrons. The molecule has 1 aromatic carbocycles. The smallest absolute Gasteiger partial charge is 0.242 e. The van der Waals surface area contributed by atoms with Gasteiger partial charge in [-0.2, -0.15) is 0 Å². The van der Waals surface area contributed by atoms with Gasteiger partial charge in [0.2, 0.25) is 10.0 Å². The van der Waals surface area contributed by atoms with E-state index in [4.69, 9.17) is 17.3 Å². The van der Waals surface area contributed by atoms with E-state index in [1.54, 1.807) is 19.1 Å². The minimum absolute atomic E-state index is 0. The number of nitrogens with two attached hydrogens (primary N) is 1. The van der Waals surface area contributed by atoms with Crippen molar-refractivity contribution in [2.45, 2.75) is 37.6 Å². The third-order valence-corrected chi connectivity index (χ3v) is 4.69. The molecule has 0 aromatic heterocycles. The molecule has 0 amide bonds. The van der Waals surface area contributed by atoms with Crippen LogP contribution in [0, 0.1) is 0 Å². The summed E-state index contributed by atoms with van der Waals surface area (Å²) >= 11 is 5.96. The van der Waals surface area contributed by atoms with Gasteiger partial charge in [0.25, 0.3) is 0 Å². The molecule has 110 valence electrons. The van der Waals surface area contributed by atoms with Gasteiger partial charge in [0.15, 0.2) is 0 Å². The fourth-order valence-electron chi connectivity index (χ4n) is 1.46. The number of sulfonamides is 1. The van der Waals surface area contributed by atoms with Crippen molar-refractivity contribution in [2.75, 3.05) is 6.54 Å². The number of benzene rings is 1. The summed E-state index contributed by atoms with van der Waals surface area (Å²) in [5.74, 6) is 0.239. The van der Waals surface area contributed by atoms with E-state index >= 15 is 0 Å². The van der Waals surface area contributed by atoms with Crippen LogP contribution in [0.1, 0.15) is 32.3 Å². The minimum atomic E-state index is -3.62. The van der Waals surface area contributed by atoms with Gasteiger partial charge in [0.05, 0.1) is 5.02 Å². The fourth-order valence-corrected chi connectivity index (χ4v) is 3.25. The zero-order chi connectivity index (χ0) is 13.9. The summed E-state index contributed by atoms with van der Waals surface area (Å²) in [6.45, 7) is 5.93. The maximum atomic E-state index is 12.1. The summed E-state index contributed by atoms with van der Waals surface area (Å²) in [6, 6.07) is 4.73. The summed E-state index contributed by atoms with van der Waals surface area (Å²) in [5.41, 5.74) is 6.34. The Bertz CT molecular complexity index is 518. The van der Waals surface area contributed by atoms with E-state index in [0.29, 0.717) is 0 Å². The SMILES string of the molecule is CC(C)c1ccc(Cl)c(S(=O)(=O)N[C@H](C)CN)c1.Cl. The molecule has 0 bridgehead atoms. The fraction of sp³-hybridized carbons (Fsp3) is 0.500. The van der Waals surface area contributed by atoms with Crippen molar-refractivity contribution in [1.29, 1.82) is 0 Å². The summed E-state index contributed by atoms with van der Waals surface area (Å²) < 4.78 is 26.8. The number of rotatable bonds is 5. The molecule has 1 rings (SSSR count). The Hall–Kier alpha value is -0.330. The molecule has 0 unspecified atom stereocenters. The number of halogens is 2. The van der Waals surface area contributed by atoms with Crippen molar-refractivity contribution in [3.05, 3.63) is 28.8 Å². The highest BCUT2D eigenvalue weighted by Crippen LogP contribution is 2.26. The van der Waals surface area contributed by atoms with Crippen LogP contribution in [0.2, 0.25) is 5.02 Å². The average molecular weight is 327 g/mol. The van der Waals surface area contributed by atoms with Crippen LogP contribution in [0.5, 0.6) is 0 Å². The van der Waals surface area contributed by atoms with Crippen LogP contribution < -0.4 is 10.5 Å². The van der Waals surface area contributed by atoms with Crippen LogP contribution >= 0.6 is 24.0 Å². The molecule has 0 saturated carbocycles. The van der Waals surface area contributed by atoms with E-state index in [0.717, 1.165) is 5.56 Å². The monoisotopic (exact) mass is 326 g/mol. The van der Waals surface area contributed by atoms with Crippen LogP contribution in [0.4, 0.5) is 0 Å². The van der Waals surface area contributed by atoms with Gasteiger partial charge < -0.3 is 5.73 Å². The van der Waals surface area contributed by atoms with Crippen molar-refractivity contribution in [1.82, 2.24) is 4.72 Å². The van der Waals surface area contributed by atoms with Gasteiger partial charge in [0.1, 0.15) is 4.90 Å². The van der Waals surface area contributed by atoms with E-state index in [1.807, 2.05) is 19.9 Å². The Balaban J connectivity index is 0.00000324. The third kappa shape index (κ3) is 4.93. The van der Waals surface area contributed by atoms with Crippen molar-refractivity contribution in [3.8, 4) is 0 Å². The van der Waals surface area contributed by atoms with Gasteiger partial charge in [0, 0.05) is 12.6 Å². The second-order valence-corrected chi connectivity index (χ2v) is 6.69. The molecular weight excluding hydrogens is 307 g/mol. The van der Waals surface area contributed by atoms with Crippen LogP contribution in [0.3, 0.4) is 0 Å². The first kappa shape index (κ1) is 18.7. The van der Waals surface area contributed by atoms with Crippen molar-refractivity contribution < 1.29 is 8.42 Å². The molecular formula is C12H20Cl2N2O2S. The summed E-state index contributed by atoms with van der Waals surface area (Å²) in [7, 11) is -3.62. The molecule has 1 aromatic rings. The lowest BCUT2D eigenvalue weighted by Gasteiger charge is -2.14. The molecule has 0 saturated heterocycles. The lowest BCUT2D eigenvalue weighted by atomic mass is 10.0. The van der Waals surface area contributed by atoms with Crippen LogP contribution in [-0.2, 0) is 10.0 Å². The first-order chi connectivity index (χ1) is 8.27. The summed E-state index contributed by atoms with van der Waals surface area (Å²) in [6.07, 6.45) is 0. The number of hydrogen-bond acceptors (Lipinski definition) is 3. The Labute approximate surface area is 126 Å². The quantitative estimate of drug-likeness (QED) is 0.873. The second kappa shape index (κ2) is 7.45. The molecule has 4 nitrogen and oxygen atoms in total. The van der Waals surface area contributed by atoms with E-state index < -0.39 is 10.0 Å². The largest absolute Gasteiger partial charge is 0.329 e. The first-order valence-corrected chi connectivity index (χ1v) is 7.66. The molecule has 0 spiro atoms. The maximum Gasteiger partial charge on any atom is 0.242 e. The molecule has 0 fully saturated rings. The van der Waals surface area contributed by atoms with Gasteiger partial charge in [-0.1, -0.05) is 31.5 Å². The summed E-state index contributed by atoms with van der Waals surface area (Å²) in [5, 5.41) is 0.219. The van der Waals surface area contributed by atoms with Crippen molar-refractivity contribution >= 4 is 34.0 Å². The van der Waals surface area contributed by atoms with Gasteiger partial charge in [-0.3, -0.25) is 0 Å². The van der Waals surface area contributed by atoms with E-state index in [2.05, 4.69) is 4.72 Å². The molecule has 0 aliphatic carbocycles. The Morgan fingerprint density at radius 3 is 2.37 bits per heavy atom. The standard InChI is InChI=1S/C12H19ClN2O2S.ClH/c1-8(2)10-4-5-11(13)12(6-10)18(16,17)15-9(3)7-14;/h4-6,8-9,15H,7,14H2,1-3H3;1H/t9-;/m1./s1. The maximum absolute atomic E-state index is 12.1. The lowest BCUT2D eigenvalue weighted by molar-refractivity contribution is 0.562. The van der Waals surface area contributed by atoms with E-state index in [-0.39, 0.29) is 40.8 Å². The summed E-state index contributed by atoms with van der Waals surface area (Å²) in [4.78, 5) is 0.107. The van der Waals surface area contributed by atoms with Gasteiger partial charge >= 0.3 is 0 Å². The number of nitrogens with one attached hydrogen (secondary N) is 1. The van der Waals surface area contributed by atoms with E-state index in [9.17, 15) is 8.42 Å². The molecule has 7 heteroatoms. The molecule has 0 aliphatic rings. The minimum Gasteiger partial charge on any atom is -0.329 e. The Morgan fingerprint density at radius 2 is 1.89 bits per heavy atom. The third-order valence-electron chi connectivity index (χ3n) is 2.62. The topological polar surface area (TPSA) is 72.2 Å². The Kier molecular flexibility index (Phi) is 7.32. The molecule has 19 heavy (non-hydrogen) atoms. The van der Waals surface area contributed by atoms with Gasteiger partial charge in [-0.15, -0.1) is 12.4 Å². The van der Waals surface area contributed by atoms with Gasteiger partial charge in [-0.25, -0.2) is 13.1 Å². The zero-order valence-corrected chi connectivity index (χ0v) is 13.6. The average Bonchev–Trinajstić information content (AvgIpc) is 2.28. The van der Waals surface area contributed by atoms with Crippen molar-refractivity contribution in [3.63, 3.8) is 0 Å². The predicted octanol–water partition coefficient (Wildman–Crippen LogP) is 2.51. The molecule has 1 atom stereocenters. The molecule has 0 heterocycles. The Morgan fingerprint density at radius 1 is 1.32 bits per heavy atom. The molecule has 0 aliphatic heterocycles. The highest BCUT2D eigenvalue weighted by molar-refractivity contribution is 7.89.